The molecule has 0 fully saturated rings. The summed E-state index contributed by atoms with van der Waals surface area (Å²) in [4.78, 5) is 12.0. The van der Waals surface area contributed by atoms with Gasteiger partial charge in [-0.15, -0.1) is 0 Å². The van der Waals surface area contributed by atoms with E-state index in [4.69, 9.17) is 27.9 Å². The Balaban J connectivity index is 1.58. The standard InChI is InChI=1S/C22H20Cl2N2O4S/c1-30-18-11-7-16(8-12-18)14-25-21(27)13-15-5-9-17(10-6-15)26-31(28,29)22-19(23)3-2-4-20(22)24/h2-12,26H,13-14H2,1H3,(H,25,27). The van der Waals surface area contributed by atoms with Gasteiger partial charge >= 0.3 is 0 Å². The smallest absolute Gasteiger partial charge is 0.264 e. The number of ether oxygens (including phenoxy) is 1. The third-order valence-electron chi connectivity index (χ3n) is 4.41. The van der Waals surface area contributed by atoms with Crippen molar-refractivity contribution in [2.24, 2.45) is 0 Å². The molecule has 162 valence electrons. The maximum absolute atomic E-state index is 12.6. The molecule has 31 heavy (non-hydrogen) atoms. The molecule has 1 amide bonds. The number of hydrogen-bond acceptors (Lipinski definition) is 4. The molecule has 0 aliphatic rings. The summed E-state index contributed by atoms with van der Waals surface area (Å²) in [7, 11) is -2.36. The highest BCUT2D eigenvalue weighted by molar-refractivity contribution is 7.93. The molecule has 0 aromatic heterocycles. The summed E-state index contributed by atoms with van der Waals surface area (Å²) >= 11 is 12.0. The Morgan fingerprint density at radius 2 is 1.48 bits per heavy atom. The molecular weight excluding hydrogens is 459 g/mol. The lowest BCUT2D eigenvalue weighted by atomic mass is 10.1. The molecule has 0 atom stereocenters. The third kappa shape index (κ3) is 6.13. The highest BCUT2D eigenvalue weighted by Crippen LogP contribution is 2.30. The van der Waals surface area contributed by atoms with E-state index in [1.807, 2.05) is 24.3 Å². The van der Waals surface area contributed by atoms with E-state index in [1.165, 1.54) is 12.1 Å². The second-order valence-corrected chi connectivity index (χ2v) is 9.09. The number of carbonyl (C=O) groups excluding carboxylic acids is 1. The zero-order valence-corrected chi connectivity index (χ0v) is 18.9. The molecular formula is C22H20Cl2N2O4S. The first kappa shape index (κ1) is 22.9. The summed E-state index contributed by atoms with van der Waals surface area (Å²) in [6, 6.07) is 18.4. The highest BCUT2D eigenvalue weighted by atomic mass is 35.5. The van der Waals surface area contributed by atoms with Gasteiger partial charge in [0, 0.05) is 12.2 Å². The molecule has 3 rings (SSSR count). The monoisotopic (exact) mass is 478 g/mol. The summed E-state index contributed by atoms with van der Waals surface area (Å²) in [6.07, 6.45) is 0.166. The van der Waals surface area contributed by atoms with Crippen LogP contribution >= 0.6 is 23.2 Å². The predicted molar refractivity (Wildman–Crippen MR) is 122 cm³/mol. The number of nitrogens with one attached hydrogen (secondary N) is 2. The maximum atomic E-state index is 12.6. The normalized spacial score (nSPS) is 11.1. The summed E-state index contributed by atoms with van der Waals surface area (Å²) < 4.78 is 32.8. The van der Waals surface area contributed by atoms with Crippen LogP contribution in [0.15, 0.2) is 71.6 Å². The fourth-order valence-electron chi connectivity index (χ4n) is 2.83. The van der Waals surface area contributed by atoms with E-state index >= 15 is 0 Å². The van der Waals surface area contributed by atoms with Gasteiger partial charge in [0.15, 0.2) is 0 Å². The number of anilines is 1. The van der Waals surface area contributed by atoms with Gasteiger partial charge in [0.1, 0.15) is 10.6 Å². The van der Waals surface area contributed by atoms with Gasteiger partial charge in [-0.3, -0.25) is 9.52 Å². The number of rotatable bonds is 8. The van der Waals surface area contributed by atoms with Crippen molar-refractivity contribution in [3.63, 3.8) is 0 Å². The van der Waals surface area contributed by atoms with Gasteiger partial charge in [0.05, 0.1) is 23.6 Å². The quantitative estimate of drug-likeness (QED) is 0.492. The second-order valence-electron chi connectivity index (χ2n) is 6.65. The Morgan fingerprint density at radius 1 is 0.903 bits per heavy atom. The summed E-state index contributed by atoms with van der Waals surface area (Å²) in [5, 5.41) is 2.92. The first-order valence-corrected chi connectivity index (χ1v) is 11.5. The molecule has 2 N–H and O–H groups in total. The molecule has 3 aromatic carbocycles. The predicted octanol–water partition coefficient (Wildman–Crippen LogP) is 4.66. The van der Waals surface area contributed by atoms with E-state index in [9.17, 15) is 13.2 Å². The van der Waals surface area contributed by atoms with Crippen molar-refractivity contribution in [3.8, 4) is 5.75 Å². The van der Waals surface area contributed by atoms with Crippen LogP contribution in [0.4, 0.5) is 5.69 Å². The zero-order chi connectivity index (χ0) is 22.4. The average Bonchev–Trinajstić information content (AvgIpc) is 2.73. The van der Waals surface area contributed by atoms with Gasteiger partial charge in [-0.25, -0.2) is 8.42 Å². The molecule has 0 aliphatic carbocycles. The van der Waals surface area contributed by atoms with Crippen molar-refractivity contribution in [1.82, 2.24) is 5.32 Å². The molecule has 0 unspecified atom stereocenters. The Kier molecular flexibility index (Phi) is 7.43. The molecule has 6 nitrogen and oxygen atoms in total. The van der Waals surface area contributed by atoms with Crippen molar-refractivity contribution in [2.45, 2.75) is 17.9 Å². The minimum absolute atomic E-state index is 0.0325. The molecule has 9 heteroatoms. The zero-order valence-electron chi connectivity index (χ0n) is 16.6. The van der Waals surface area contributed by atoms with E-state index in [-0.39, 0.29) is 27.3 Å². The number of halogens is 2. The van der Waals surface area contributed by atoms with E-state index < -0.39 is 10.0 Å². The maximum Gasteiger partial charge on any atom is 0.264 e. The van der Waals surface area contributed by atoms with Crippen molar-refractivity contribution < 1.29 is 17.9 Å². The van der Waals surface area contributed by atoms with Crippen molar-refractivity contribution >= 4 is 44.8 Å². The van der Waals surface area contributed by atoms with E-state index in [0.717, 1.165) is 16.9 Å². The van der Waals surface area contributed by atoms with Crippen molar-refractivity contribution in [2.75, 3.05) is 11.8 Å². The van der Waals surface area contributed by atoms with Gasteiger partial charge in [0.2, 0.25) is 5.91 Å². The van der Waals surface area contributed by atoms with E-state index in [0.29, 0.717) is 12.2 Å². The van der Waals surface area contributed by atoms with Crippen LogP contribution in [0.1, 0.15) is 11.1 Å². The van der Waals surface area contributed by atoms with Crippen LogP contribution in [0.2, 0.25) is 10.0 Å². The molecule has 0 aliphatic heterocycles. The van der Waals surface area contributed by atoms with Gasteiger partial charge in [-0.1, -0.05) is 53.5 Å². The van der Waals surface area contributed by atoms with Gasteiger partial charge < -0.3 is 10.1 Å². The number of amides is 1. The largest absolute Gasteiger partial charge is 0.497 e. The number of methoxy groups -OCH3 is 1. The van der Waals surface area contributed by atoms with Crippen LogP contribution in [0, 0.1) is 0 Å². The van der Waals surface area contributed by atoms with E-state index in [2.05, 4.69) is 10.0 Å². The summed E-state index contributed by atoms with van der Waals surface area (Å²) in [5.41, 5.74) is 2.03. The number of sulfonamides is 1. The molecule has 0 radical (unpaired) electrons. The molecule has 0 bridgehead atoms. The van der Waals surface area contributed by atoms with Crippen molar-refractivity contribution in [1.29, 1.82) is 0 Å². The Hall–Kier alpha value is -2.74. The molecule has 0 saturated carbocycles. The van der Waals surface area contributed by atoms with E-state index in [1.54, 1.807) is 37.4 Å². The van der Waals surface area contributed by atoms with Crippen LogP contribution in [0.25, 0.3) is 0 Å². The minimum atomic E-state index is -3.96. The lowest BCUT2D eigenvalue weighted by molar-refractivity contribution is -0.120. The summed E-state index contributed by atoms with van der Waals surface area (Å²) in [6.45, 7) is 0.402. The fraction of sp³-hybridized carbons (Fsp3) is 0.136. The summed E-state index contributed by atoms with van der Waals surface area (Å²) in [5.74, 6) is 0.606. The topological polar surface area (TPSA) is 84.5 Å². The Labute approximate surface area is 191 Å². The van der Waals surface area contributed by atoms with Crippen LogP contribution in [0.5, 0.6) is 5.75 Å². The second kappa shape index (κ2) is 10.0. The molecule has 0 saturated heterocycles. The van der Waals surface area contributed by atoms with Gasteiger partial charge in [0.25, 0.3) is 10.0 Å². The van der Waals surface area contributed by atoms with Gasteiger partial charge in [-0.05, 0) is 47.5 Å². The Morgan fingerprint density at radius 3 is 2.06 bits per heavy atom. The Bertz CT molecular complexity index is 1140. The first-order chi connectivity index (χ1) is 14.8. The van der Waals surface area contributed by atoms with Crippen molar-refractivity contribution in [3.05, 3.63) is 87.9 Å². The SMILES string of the molecule is COc1ccc(CNC(=O)Cc2ccc(NS(=O)(=O)c3c(Cl)cccc3Cl)cc2)cc1. The average molecular weight is 479 g/mol. The molecule has 3 aromatic rings. The van der Waals surface area contributed by atoms with Crippen LogP contribution in [-0.2, 0) is 27.8 Å². The number of carbonyl (C=O) groups is 1. The number of hydrogen-bond donors (Lipinski definition) is 2. The van der Waals surface area contributed by atoms with Crippen LogP contribution in [0.3, 0.4) is 0 Å². The lowest BCUT2D eigenvalue weighted by Crippen LogP contribution is -2.24. The van der Waals surface area contributed by atoms with Gasteiger partial charge in [-0.2, -0.15) is 0 Å². The lowest BCUT2D eigenvalue weighted by Gasteiger charge is -2.11. The third-order valence-corrected chi connectivity index (χ3v) is 6.74. The van der Waals surface area contributed by atoms with Crippen LogP contribution in [-0.4, -0.2) is 21.4 Å². The molecule has 0 heterocycles. The first-order valence-electron chi connectivity index (χ1n) is 9.24. The highest BCUT2D eigenvalue weighted by Gasteiger charge is 2.21. The number of benzene rings is 3. The van der Waals surface area contributed by atoms with Crippen LogP contribution < -0.4 is 14.8 Å². The minimum Gasteiger partial charge on any atom is -0.497 e. The fourth-order valence-corrected chi connectivity index (χ4v) is 5.03. The molecule has 0 spiro atoms.